The van der Waals surface area contributed by atoms with E-state index in [2.05, 4.69) is 59.1 Å². The normalized spacial score (nSPS) is 12.3. The highest BCUT2D eigenvalue weighted by Crippen LogP contribution is 2.31. The fraction of sp³-hybridized carbons (Fsp3) is 0.111. The molecule has 3 aromatic rings. The summed E-state index contributed by atoms with van der Waals surface area (Å²) >= 11 is 2.31. The van der Waals surface area contributed by atoms with Gasteiger partial charge in [-0.05, 0) is 59.3 Å². The molecule has 0 radical (unpaired) electrons. The number of anilines is 1. The van der Waals surface area contributed by atoms with Gasteiger partial charge in [-0.2, -0.15) is 0 Å². The van der Waals surface area contributed by atoms with Crippen molar-refractivity contribution in [3.63, 3.8) is 0 Å². The van der Waals surface area contributed by atoms with Gasteiger partial charge in [-0.15, -0.1) is 0 Å². The Morgan fingerprint density at radius 1 is 0.905 bits per heavy atom. The van der Waals surface area contributed by atoms with Gasteiger partial charge in [0.15, 0.2) is 0 Å². The first kappa shape index (κ1) is 14.2. The molecule has 0 heterocycles. The minimum atomic E-state index is 0.204. The van der Waals surface area contributed by atoms with Gasteiger partial charge in [0.2, 0.25) is 0 Å². The molecule has 2 nitrogen and oxygen atoms in total. The smallest absolute Gasteiger partial charge is 0.123 e. The maximum Gasteiger partial charge on any atom is 0.123 e. The summed E-state index contributed by atoms with van der Waals surface area (Å²) in [5.41, 5.74) is 2.28. The summed E-state index contributed by atoms with van der Waals surface area (Å²) in [6, 6.07) is 20.3. The van der Waals surface area contributed by atoms with Gasteiger partial charge >= 0.3 is 0 Å². The zero-order valence-electron chi connectivity index (χ0n) is 11.7. The summed E-state index contributed by atoms with van der Waals surface area (Å²) in [5.74, 6) is 0.318. The molecule has 3 heteroatoms. The lowest BCUT2D eigenvalue weighted by molar-refractivity contribution is 0.481. The van der Waals surface area contributed by atoms with E-state index in [1.165, 1.54) is 9.13 Å². The third kappa shape index (κ3) is 2.97. The monoisotopic (exact) mass is 389 g/mol. The van der Waals surface area contributed by atoms with Crippen molar-refractivity contribution in [2.45, 2.75) is 13.0 Å². The Morgan fingerprint density at radius 2 is 1.57 bits per heavy atom. The van der Waals surface area contributed by atoms with Crippen molar-refractivity contribution in [3.05, 3.63) is 69.8 Å². The Hall–Kier alpha value is -1.75. The van der Waals surface area contributed by atoms with Crippen LogP contribution in [0.25, 0.3) is 10.8 Å². The molecule has 3 aromatic carbocycles. The van der Waals surface area contributed by atoms with Gasteiger partial charge < -0.3 is 10.4 Å². The van der Waals surface area contributed by atoms with Crippen molar-refractivity contribution in [3.8, 4) is 5.75 Å². The second-order valence-electron chi connectivity index (χ2n) is 5.10. The highest BCUT2D eigenvalue weighted by molar-refractivity contribution is 14.1. The fourth-order valence-electron chi connectivity index (χ4n) is 2.49. The first-order valence-corrected chi connectivity index (χ1v) is 7.96. The average Bonchev–Trinajstić information content (AvgIpc) is 2.49. The summed E-state index contributed by atoms with van der Waals surface area (Å²) in [4.78, 5) is 0. The molecule has 21 heavy (non-hydrogen) atoms. The van der Waals surface area contributed by atoms with Crippen LogP contribution in [-0.4, -0.2) is 5.11 Å². The molecule has 1 unspecified atom stereocenters. The number of halogens is 1. The van der Waals surface area contributed by atoms with Crippen LogP contribution in [-0.2, 0) is 0 Å². The van der Waals surface area contributed by atoms with Crippen molar-refractivity contribution < 1.29 is 5.11 Å². The molecule has 0 aliphatic rings. The number of rotatable bonds is 3. The zero-order valence-corrected chi connectivity index (χ0v) is 13.8. The van der Waals surface area contributed by atoms with Crippen LogP contribution >= 0.6 is 22.6 Å². The molecule has 3 rings (SSSR count). The number of nitrogens with one attached hydrogen (secondary N) is 1. The number of hydrogen-bond acceptors (Lipinski definition) is 2. The van der Waals surface area contributed by atoms with E-state index in [0.717, 1.165) is 16.5 Å². The first-order chi connectivity index (χ1) is 10.1. The number of fused-ring (bicyclic) bond motifs is 1. The van der Waals surface area contributed by atoms with E-state index in [1.807, 2.05) is 30.3 Å². The first-order valence-electron chi connectivity index (χ1n) is 6.88. The molecule has 1 atom stereocenters. The second-order valence-corrected chi connectivity index (χ2v) is 6.34. The number of hydrogen-bond donors (Lipinski definition) is 2. The molecule has 0 saturated heterocycles. The van der Waals surface area contributed by atoms with Gasteiger partial charge in [0, 0.05) is 26.1 Å². The van der Waals surface area contributed by atoms with E-state index in [0.29, 0.717) is 5.75 Å². The summed E-state index contributed by atoms with van der Waals surface area (Å²) < 4.78 is 1.23. The maximum absolute atomic E-state index is 9.95. The lowest BCUT2D eigenvalue weighted by Crippen LogP contribution is -2.06. The van der Waals surface area contributed by atoms with Gasteiger partial charge in [0.1, 0.15) is 5.75 Å². The number of aromatic hydroxyl groups is 1. The van der Waals surface area contributed by atoms with Crippen LogP contribution in [0.3, 0.4) is 0 Å². The van der Waals surface area contributed by atoms with Gasteiger partial charge in [-0.1, -0.05) is 36.4 Å². The topological polar surface area (TPSA) is 32.3 Å². The van der Waals surface area contributed by atoms with Crippen molar-refractivity contribution in [1.82, 2.24) is 0 Å². The molecule has 0 aliphatic carbocycles. The van der Waals surface area contributed by atoms with Crippen LogP contribution < -0.4 is 5.32 Å². The SMILES string of the molecule is CC(Nc1cccc2c(O)cccc12)c1ccc(I)cc1. The van der Waals surface area contributed by atoms with Crippen molar-refractivity contribution in [2.24, 2.45) is 0 Å². The molecule has 0 amide bonds. The predicted octanol–water partition coefficient (Wildman–Crippen LogP) is 5.32. The largest absolute Gasteiger partial charge is 0.507 e. The molecule has 0 fully saturated rings. The minimum Gasteiger partial charge on any atom is -0.507 e. The Balaban J connectivity index is 1.94. The quantitative estimate of drug-likeness (QED) is 0.594. The van der Waals surface area contributed by atoms with Gasteiger partial charge in [0.25, 0.3) is 0 Å². The molecular weight excluding hydrogens is 373 g/mol. The van der Waals surface area contributed by atoms with Crippen LogP contribution in [0.1, 0.15) is 18.5 Å². The molecule has 106 valence electrons. The summed E-state index contributed by atoms with van der Waals surface area (Å²) in [5, 5.41) is 15.4. The maximum atomic E-state index is 9.95. The number of benzene rings is 3. The van der Waals surface area contributed by atoms with Crippen molar-refractivity contribution >= 4 is 39.1 Å². The van der Waals surface area contributed by atoms with Gasteiger partial charge in [0.05, 0.1) is 0 Å². The van der Waals surface area contributed by atoms with E-state index in [4.69, 9.17) is 0 Å². The summed E-state index contributed by atoms with van der Waals surface area (Å²) in [6.45, 7) is 2.14. The van der Waals surface area contributed by atoms with E-state index in [1.54, 1.807) is 6.07 Å². The lowest BCUT2D eigenvalue weighted by atomic mass is 10.1. The Kier molecular flexibility index (Phi) is 4.01. The molecule has 0 spiro atoms. The van der Waals surface area contributed by atoms with Crippen LogP contribution in [0.15, 0.2) is 60.7 Å². The highest BCUT2D eigenvalue weighted by Gasteiger charge is 2.08. The average molecular weight is 389 g/mol. The van der Waals surface area contributed by atoms with Gasteiger partial charge in [-0.25, -0.2) is 0 Å². The molecular formula is C18H16INO. The molecule has 0 aromatic heterocycles. The minimum absolute atomic E-state index is 0.204. The third-order valence-electron chi connectivity index (χ3n) is 3.64. The van der Waals surface area contributed by atoms with E-state index in [-0.39, 0.29) is 6.04 Å². The second kappa shape index (κ2) is 5.93. The predicted molar refractivity (Wildman–Crippen MR) is 96.8 cm³/mol. The standard InChI is InChI=1S/C18H16INO/c1-12(13-8-10-14(19)11-9-13)20-17-6-2-5-16-15(17)4-3-7-18(16)21/h2-12,20-21H,1H3. The van der Waals surface area contributed by atoms with Crippen molar-refractivity contribution in [1.29, 1.82) is 0 Å². The van der Waals surface area contributed by atoms with Crippen LogP contribution in [0, 0.1) is 3.57 Å². The molecule has 0 aliphatic heterocycles. The van der Waals surface area contributed by atoms with E-state index >= 15 is 0 Å². The number of phenols is 1. The Bertz CT molecular complexity index is 768. The highest BCUT2D eigenvalue weighted by atomic mass is 127. The number of phenolic OH excluding ortho intramolecular Hbond substituents is 1. The van der Waals surface area contributed by atoms with Crippen LogP contribution in [0.4, 0.5) is 5.69 Å². The molecule has 2 N–H and O–H groups in total. The summed E-state index contributed by atoms with van der Waals surface area (Å²) in [7, 11) is 0. The fourth-order valence-corrected chi connectivity index (χ4v) is 2.85. The van der Waals surface area contributed by atoms with Crippen molar-refractivity contribution in [2.75, 3.05) is 5.32 Å². The summed E-state index contributed by atoms with van der Waals surface area (Å²) in [6.07, 6.45) is 0. The Morgan fingerprint density at radius 3 is 2.33 bits per heavy atom. The van der Waals surface area contributed by atoms with Crippen LogP contribution in [0.5, 0.6) is 5.75 Å². The molecule has 0 saturated carbocycles. The van der Waals surface area contributed by atoms with Crippen LogP contribution in [0.2, 0.25) is 0 Å². The lowest BCUT2D eigenvalue weighted by Gasteiger charge is -2.17. The molecule has 0 bridgehead atoms. The van der Waals surface area contributed by atoms with Gasteiger partial charge in [-0.3, -0.25) is 0 Å². The zero-order chi connectivity index (χ0) is 14.8. The van der Waals surface area contributed by atoms with E-state index in [9.17, 15) is 5.11 Å². The van der Waals surface area contributed by atoms with E-state index < -0.39 is 0 Å². The Labute approximate surface area is 138 Å². The third-order valence-corrected chi connectivity index (χ3v) is 4.36.